The summed E-state index contributed by atoms with van der Waals surface area (Å²) in [6, 6.07) is 0. The summed E-state index contributed by atoms with van der Waals surface area (Å²) in [6.07, 6.45) is 0.795. The Morgan fingerprint density at radius 2 is 2.07 bits per heavy atom. The smallest absolute Gasteiger partial charge is 0.320 e. The normalized spacial score (nSPS) is 20.3. The van der Waals surface area contributed by atoms with Gasteiger partial charge in [-0.15, -0.1) is 0 Å². The zero-order valence-corrected chi connectivity index (χ0v) is 9.31. The fraction of sp³-hybridized carbons (Fsp3) is 0.857. The van der Waals surface area contributed by atoms with Gasteiger partial charge in [0, 0.05) is 18.8 Å². The highest BCUT2D eigenvalue weighted by atomic mass is 32.2. The minimum Gasteiger partial charge on any atom is -0.480 e. The van der Waals surface area contributed by atoms with Crippen molar-refractivity contribution in [1.29, 1.82) is 0 Å². The van der Waals surface area contributed by atoms with Crippen molar-refractivity contribution >= 4 is 27.8 Å². The van der Waals surface area contributed by atoms with Crippen molar-refractivity contribution in [3.63, 3.8) is 0 Å². The number of nitrogens with zero attached hydrogens (tertiary/aromatic N) is 1. The predicted octanol–water partition coefficient (Wildman–Crippen LogP) is -0.160. The number of thioether (sulfide) groups is 1. The highest BCUT2D eigenvalue weighted by Crippen LogP contribution is 2.13. The SMILES string of the molecule is O=C(O)CS(=O)(=O)N1CCCSCC1. The molecule has 0 bridgehead atoms. The summed E-state index contributed by atoms with van der Waals surface area (Å²) in [5.41, 5.74) is 0. The number of carboxylic acid groups (broad SMARTS) is 1. The summed E-state index contributed by atoms with van der Waals surface area (Å²) >= 11 is 1.70. The first-order valence-electron chi connectivity index (χ1n) is 4.30. The molecule has 0 aromatic heterocycles. The standard InChI is InChI=1S/C7H13NO4S2/c9-7(10)6-14(11,12)8-2-1-4-13-5-3-8/h1-6H2,(H,9,10). The third kappa shape index (κ3) is 3.47. The molecule has 5 nitrogen and oxygen atoms in total. The van der Waals surface area contributed by atoms with E-state index in [-0.39, 0.29) is 0 Å². The van der Waals surface area contributed by atoms with E-state index in [1.807, 2.05) is 0 Å². The van der Waals surface area contributed by atoms with Gasteiger partial charge in [-0.05, 0) is 12.2 Å². The summed E-state index contributed by atoms with van der Waals surface area (Å²) in [4.78, 5) is 10.3. The Balaban J connectivity index is 2.64. The highest BCUT2D eigenvalue weighted by Gasteiger charge is 2.25. The Morgan fingerprint density at radius 1 is 1.36 bits per heavy atom. The van der Waals surface area contributed by atoms with Crippen LogP contribution in [0.15, 0.2) is 0 Å². The summed E-state index contributed by atoms with van der Waals surface area (Å²) in [5, 5.41) is 8.44. The molecule has 1 rings (SSSR count). The van der Waals surface area contributed by atoms with E-state index in [0.717, 1.165) is 17.9 Å². The molecule has 1 heterocycles. The van der Waals surface area contributed by atoms with E-state index in [1.165, 1.54) is 4.31 Å². The van der Waals surface area contributed by atoms with Gasteiger partial charge in [0.05, 0.1) is 0 Å². The Bertz CT molecular complexity index is 293. The number of carbonyl (C=O) groups is 1. The van der Waals surface area contributed by atoms with Crippen molar-refractivity contribution in [3.8, 4) is 0 Å². The molecule has 0 aromatic rings. The van der Waals surface area contributed by atoms with Crippen LogP contribution in [0.5, 0.6) is 0 Å². The van der Waals surface area contributed by atoms with Crippen molar-refractivity contribution < 1.29 is 18.3 Å². The van der Waals surface area contributed by atoms with Gasteiger partial charge >= 0.3 is 5.97 Å². The summed E-state index contributed by atoms with van der Waals surface area (Å²) in [6.45, 7) is 0.878. The minimum absolute atomic E-state index is 0.431. The fourth-order valence-corrected chi connectivity index (χ4v) is 3.52. The highest BCUT2D eigenvalue weighted by molar-refractivity contribution is 7.99. The molecule has 0 spiro atoms. The Labute approximate surface area is 87.5 Å². The van der Waals surface area contributed by atoms with Crippen LogP contribution < -0.4 is 0 Å². The predicted molar refractivity (Wildman–Crippen MR) is 54.9 cm³/mol. The lowest BCUT2D eigenvalue weighted by Crippen LogP contribution is -2.36. The van der Waals surface area contributed by atoms with Crippen LogP contribution in [0.25, 0.3) is 0 Å². The third-order valence-corrected chi connectivity index (χ3v) is 4.69. The second-order valence-electron chi connectivity index (χ2n) is 3.01. The maximum atomic E-state index is 11.5. The fourth-order valence-electron chi connectivity index (χ4n) is 1.25. The number of carboxylic acids is 1. The van der Waals surface area contributed by atoms with Gasteiger partial charge in [-0.2, -0.15) is 11.8 Å². The Morgan fingerprint density at radius 3 is 2.71 bits per heavy atom. The molecule has 1 aliphatic rings. The maximum Gasteiger partial charge on any atom is 0.320 e. The summed E-state index contributed by atoms with van der Waals surface area (Å²) in [5.74, 6) is -0.391. The van der Waals surface area contributed by atoms with E-state index >= 15 is 0 Å². The number of hydrogen-bond acceptors (Lipinski definition) is 4. The van der Waals surface area contributed by atoms with Crippen LogP contribution in [-0.2, 0) is 14.8 Å². The molecule has 0 aromatic carbocycles. The average molecular weight is 239 g/mol. The van der Waals surface area contributed by atoms with Gasteiger partial charge in [0.25, 0.3) is 0 Å². The van der Waals surface area contributed by atoms with Gasteiger partial charge in [-0.3, -0.25) is 4.79 Å². The molecule has 14 heavy (non-hydrogen) atoms. The van der Waals surface area contributed by atoms with Crippen LogP contribution in [0.2, 0.25) is 0 Å². The summed E-state index contributed by atoms with van der Waals surface area (Å²) in [7, 11) is -3.59. The van der Waals surface area contributed by atoms with Crippen molar-refractivity contribution in [2.24, 2.45) is 0 Å². The largest absolute Gasteiger partial charge is 0.480 e. The monoisotopic (exact) mass is 239 g/mol. The maximum absolute atomic E-state index is 11.5. The van der Waals surface area contributed by atoms with Crippen LogP contribution in [0.1, 0.15) is 6.42 Å². The van der Waals surface area contributed by atoms with E-state index in [0.29, 0.717) is 13.1 Å². The van der Waals surface area contributed by atoms with Gasteiger partial charge < -0.3 is 5.11 Å². The zero-order chi connectivity index (χ0) is 10.6. The molecular weight excluding hydrogens is 226 g/mol. The number of hydrogen-bond donors (Lipinski definition) is 1. The molecule has 82 valence electrons. The van der Waals surface area contributed by atoms with Crippen molar-refractivity contribution in [3.05, 3.63) is 0 Å². The van der Waals surface area contributed by atoms with E-state index in [4.69, 9.17) is 5.11 Å². The molecule has 7 heteroatoms. The second-order valence-corrected chi connectivity index (χ2v) is 6.21. The van der Waals surface area contributed by atoms with E-state index in [9.17, 15) is 13.2 Å². The molecular formula is C7H13NO4S2. The van der Waals surface area contributed by atoms with E-state index in [1.54, 1.807) is 11.8 Å². The van der Waals surface area contributed by atoms with Gasteiger partial charge in [-0.25, -0.2) is 12.7 Å². The quantitative estimate of drug-likeness (QED) is 0.740. The van der Waals surface area contributed by atoms with Crippen LogP contribution in [0.4, 0.5) is 0 Å². The lowest BCUT2D eigenvalue weighted by molar-refractivity contribution is -0.134. The Kier molecular flexibility index (Phi) is 4.21. The van der Waals surface area contributed by atoms with Crippen molar-refractivity contribution in [2.45, 2.75) is 6.42 Å². The zero-order valence-electron chi connectivity index (χ0n) is 7.68. The second kappa shape index (κ2) is 4.99. The molecule has 0 unspecified atom stereocenters. The Hall–Kier alpha value is -0.270. The van der Waals surface area contributed by atoms with Crippen LogP contribution in [-0.4, -0.2) is 54.1 Å². The first kappa shape index (κ1) is 11.8. The van der Waals surface area contributed by atoms with Gasteiger partial charge in [0.15, 0.2) is 5.75 Å². The molecule has 1 aliphatic heterocycles. The van der Waals surface area contributed by atoms with Crippen LogP contribution >= 0.6 is 11.8 Å². The number of aliphatic carboxylic acids is 1. The lowest BCUT2D eigenvalue weighted by atomic mass is 10.5. The van der Waals surface area contributed by atoms with Gasteiger partial charge in [0.2, 0.25) is 10.0 Å². The molecule has 0 atom stereocenters. The number of sulfonamides is 1. The average Bonchev–Trinajstić information content (AvgIpc) is 2.28. The molecule has 0 amide bonds. The molecule has 1 N–H and O–H groups in total. The number of rotatable bonds is 3. The van der Waals surface area contributed by atoms with E-state index in [2.05, 4.69) is 0 Å². The van der Waals surface area contributed by atoms with Gasteiger partial charge in [-0.1, -0.05) is 0 Å². The lowest BCUT2D eigenvalue weighted by Gasteiger charge is -2.17. The topological polar surface area (TPSA) is 74.7 Å². The third-order valence-electron chi connectivity index (χ3n) is 1.88. The van der Waals surface area contributed by atoms with Crippen LogP contribution in [0, 0.1) is 0 Å². The molecule has 0 aliphatic carbocycles. The van der Waals surface area contributed by atoms with Gasteiger partial charge in [0.1, 0.15) is 0 Å². The first-order valence-corrected chi connectivity index (χ1v) is 7.06. The van der Waals surface area contributed by atoms with Crippen molar-refractivity contribution in [2.75, 3.05) is 30.3 Å². The van der Waals surface area contributed by atoms with Crippen molar-refractivity contribution in [1.82, 2.24) is 4.31 Å². The minimum atomic E-state index is -3.59. The van der Waals surface area contributed by atoms with Crippen LogP contribution in [0.3, 0.4) is 0 Å². The first-order chi connectivity index (χ1) is 6.52. The molecule has 0 radical (unpaired) electrons. The summed E-state index contributed by atoms with van der Waals surface area (Å²) < 4.78 is 24.2. The molecule has 1 saturated heterocycles. The molecule has 1 fully saturated rings. The van der Waals surface area contributed by atoms with E-state index < -0.39 is 21.7 Å². The molecule has 0 saturated carbocycles.